The van der Waals surface area contributed by atoms with Crippen molar-refractivity contribution in [1.82, 2.24) is 14.8 Å². The van der Waals surface area contributed by atoms with Crippen molar-refractivity contribution in [3.8, 4) is 17.1 Å². The Kier molecular flexibility index (Phi) is 6.87. The molecule has 1 amide bonds. The molecule has 3 aromatic rings. The van der Waals surface area contributed by atoms with Gasteiger partial charge in [0.2, 0.25) is 5.91 Å². The van der Waals surface area contributed by atoms with Gasteiger partial charge >= 0.3 is 0 Å². The number of nitrogens with one attached hydrogen (secondary N) is 1. The monoisotopic (exact) mass is 500 g/mol. The molecule has 0 unspecified atom stereocenters. The highest BCUT2D eigenvalue weighted by Crippen LogP contribution is 2.33. The Balaban J connectivity index is 1.75. The molecule has 0 saturated carbocycles. The number of carbonyl (C=O) groups is 1. The first-order valence-corrected chi connectivity index (χ1v) is 10.7. The lowest BCUT2D eigenvalue weighted by Crippen LogP contribution is -2.15. The number of phenols is 1. The lowest BCUT2D eigenvalue weighted by atomic mass is 10.2. The number of aromatic nitrogens is 3. The second-order valence-corrected chi connectivity index (χ2v) is 8.37. The van der Waals surface area contributed by atoms with Crippen LogP contribution in [0, 0.1) is 0 Å². The average Bonchev–Trinajstić information content (AvgIpc) is 3.07. The van der Waals surface area contributed by atoms with E-state index in [1.165, 1.54) is 11.8 Å². The van der Waals surface area contributed by atoms with Crippen LogP contribution in [-0.4, -0.2) is 31.5 Å². The number of halogens is 3. The van der Waals surface area contributed by atoms with E-state index < -0.39 is 0 Å². The highest BCUT2D eigenvalue weighted by Gasteiger charge is 2.17. The van der Waals surface area contributed by atoms with E-state index >= 15 is 0 Å². The van der Waals surface area contributed by atoms with Gasteiger partial charge < -0.3 is 15.0 Å². The molecule has 146 valence electrons. The number of anilines is 1. The number of amides is 1. The zero-order valence-corrected chi connectivity index (χ0v) is 18.5. The zero-order chi connectivity index (χ0) is 20.3. The van der Waals surface area contributed by atoms with Crippen LogP contribution in [0.2, 0.25) is 10.0 Å². The van der Waals surface area contributed by atoms with E-state index in [0.717, 1.165) is 4.47 Å². The van der Waals surface area contributed by atoms with Crippen molar-refractivity contribution in [3.63, 3.8) is 0 Å². The molecule has 1 heterocycles. The van der Waals surface area contributed by atoms with Crippen LogP contribution in [0.4, 0.5) is 5.69 Å². The van der Waals surface area contributed by atoms with Crippen molar-refractivity contribution < 1.29 is 9.90 Å². The van der Waals surface area contributed by atoms with Gasteiger partial charge in [-0.3, -0.25) is 4.79 Å². The summed E-state index contributed by atoms with van der Waals surface area (Å²) in [7, 11) is 0. The first kappa shape index (κ1) is 21.0. The van der Waals surface area contributed by atoms with Gasteiger partial charge in [0.1, 0.15) is 5.75 Å². The number of aromatic hydroxyl groups is 1. The summed E-state index contributed by atoms with van der Waals surface area (Å²) in [5, 5.41) is 22.7. The minimum atomic E-state index is -0.244. The van der Waals surface area contributed by atoms with E-state index in [1.807, 2.05) is 11.5 Å². The second-order valence-electron chi connectivity index (χ2n) is 5.67. The summed E-state index contributed by atoms with van der Waals surface area (Å²) in [6.45, 7) is 2.52. The fourth-order valence-electron chi connectivity index (χ4n) is 2.48. The van der Waals surface area contributed by atoms with Crippen LogP contribution < -0.4 is 5.32 Å². The summed E-state index contributed by atoms with van der Waals surface area (Å²) in [6.07, 6.45) is 0. The average molecular weight is 502 g/mol. The molecule has 0 spiro atoms. The summed E-state index contributed by atoms with van der Waals surface area (Å²) >= 11 is 16.6. The maximum absolute atomic E-state index is 12.3. The number of thioether (sulfide) groups is 1. The molecule has 6 nitrogen and oxygen atoms in total. The third kappa shape index (κ3) is 4.81. The Hall–Kier alpha value is -1.74. The molecule has 0 fully saturated rings. The molecule has 3 rings (SSSR count). The molecular weight excluding hydrogens is 487 g/mol. The van der Waals surface area contributed by atoms with E-state index in [-0.39, 0.29) is 17.4 Å². The minimum Gasteiger partial charge on any atom is -0.507 e. The molecule has 0 aliphatic rings. The summed E-state index contributed by atoms with van der Waals surface area (Å²) < 4.78 is 2.66. The largest absolute Gasteiger partial charge is 0.507 e. The first-order valence-electron chi connectivity index (χ1n) is 8.18. The fraction of sp³-hybridized carbons (Fsp3) is 0.167. The Morgan fingerprint density at radius 2 is 2.04 bits per heavy atom. The van der Waals surface area contributed by atoms with Gasteiger partial charge in [0, 0.05) is 16.0 Å². The predicted octanol–water partition coefficient (Wildman–Crippen LogP) is 5.47. The highest BCUT2D eigenvalue weighted by atomic mass is 79.9. The number of benzene rings is 2. The van der Waals surface area contributed by atoms with Gasteiger partial charge in [-0.15, -0.1) is 10.2 Å². The number of hydrogen-bond donors (Lipinski definition) is 2. The van der Waals surface area contributed by atoms with Crippen molar-refractivity contribution >= 4 is 62.5 Å². The first-order chi connectivity index (χ1) is 13.4. The Bertz CT molecular complexity index is 1030. The van der Waals surface area contributed by atoms with E-state index in [0.29, 0.717) is 38.8 Å². The van der Waals surface area contributed by atoms with Gasteiger partial charge in [-0.1, -0.05) is 50.9 Å². The molecular formula is C18H15BrCl2N4O2S. The molecule has 0 radical (unpaired) electrons. The molecule has 10 heteroatoms. The maximum Gasteiger partial charge on any atom is 0.234 e. The van der Waals surface area contributed by atoms with E-state index in [9.17, 15) is 9.90 Å². The van der Waals surface area contributed by atoms with Crippen LogP contribution >= 0.6 is 50.9 Å². The lowest BCUT2D eigenvalue weighted by Gasteiger charge is -2.10. The Morgan fingerprint density at radius 1 is 1.25 bits per heavy atom. The Labute approximate surface area is 184 Å². The van der Waals surface area contributed by atoms with Crippen LogP contribution in [0.25, 0.3) is 11.4 Å². The summed E-state index contributed by atoms with van der Waals surface area (Å²) in [6, 6.07) is 9.96. The van der Waals surface area contributed by atoms with Gasteiger partial charge in [-0.05, 0) is 43.3 Å². The number of rotatable bonds is 6. The van der Waals surface area contributed by atoms with Gasteiger partial charge in [0.25, 0.3) is 0 Å². The summed E-state index contributed by atoms with van der Waals surface area (Å²) in [4.78, 5) is 12.3. The van der Waals surface area contributed by atoms with Gasteiger partial charge in [0.15, 0.2) is 11.0 Å². The van der Waals surface area contributed by atoms with E-state index in [2.05, 4.69) is 31.4 Å². The van der Waals surface area contributed by atoms with Crippen molar-refractivity contribution in [2.24, 2.45) is 0 Å². The van der Waals surface area contributed by atoms with Crippen molar-refractivity contribution in [2.75, 3.05) is 11.1 Å². The standard InChI is InChI=1S/C18H15BrCl2N4O2S/c1-2-25-17(12-7-10(19)3-6-15(12)26)23-24-18(25)28-9-16(27)22-14-8-11(20)4-5-13(14)21/h3-8,26H,2,9H2,1H3,(H,22,27). The fourth-order valence-corrected chi connectivity index (χ4v) is 3.98. The molecule has 2 N–H and O–H groups in total. The van der Waals surface area contributed by atoms with Crippen LogP contribution in [-0.2, 0) is 11.3 Å². The normalized spacial score (nSPS) is 10.9. The van der Waals surface area contributed by atoms with Crippen molar-refractivity contribution in [1.29, 1.82) is 0 Å². The molecule has 2 aromatic carbocycles. The van der Waals surface area contributed by atoms with Crippen molar-refractivity contribution in [3.05, 3.63) is 50.9 Å². The third-order valence-electron chi connectivity index (χ3n) is 3.77. The SMILES string of the molecule is CCn1c(SCC(=O)Nc2cc(Cl)ccc2Cl)nnc1-c1cc(Br)ccc1O. The van der Waals surface area contributed by atoms with E-state index in [1.54, 1.807) is 36.4 Å². The summed E-state index contributed by atoms with van der Waals surface area (Å²) in [5.74, 6) is 0.509. The number of carbonyl (C=O) groups excluding carboxylic acids is 1. The lowest BCUT2D eigenvalue weighted by molar-refractivity contribution is -0.113. The van der Waals surface area contributed by atoms with Gasteiger partial charge in [0.05, 0.1) is 22.0 Å². The highest BCUT2D eigenvalue weighted by molar-refractivity contribution is 9.10. The van der Waals surface area contributed by atoms with E-state index in [4.69, 9.17) is 23.2 Å². The quantitative estimate of drug-likeness (QED) is 0.437. The topological polar surface area (TPSA) is 80.0 Å². The predicted molar refractivity (Wildman–Crippen MR) is 116 cm³/mol. The number of phenolic OH excluding ortho intramolecular Hbond substituents is 1. The third-order valence-corrected chi connectivity index (χ3v) is 5.79. The maximum atomic E-state index is 12.3. The van der Waals surface area contributed by atoms with Crippen molar-refractivity contribution in [2.45, 2.75) is 18.6 Å². The molecule has 0 bridgehead atoms. The van der Waals surface area contributed by atoms with Gasteiger partial charge in [-0.2, -0.15) is 0 Å². The smallest absolute Gasteiger partial charge is 0.234 e. The Morgan fingerprint density at radius 3 is 2.79 bits per heavy atom. The van der Waals surface area contributed by atoms with Crippen LogP contribution in [0.3, 0.4) is 0 Å². The molecule has 1 aromatic heterocycles. The zero-order valence-electron chi connectivity index (χ0n) is 14.6. The molecule has 0 saturated heterocycles. The van der Waals surface area contributed by atoms with Crippen LogP contribution in [0.1, 0.15) is 6.92 Å². The van der Waals surface area contributed by atoms with Gasteiger partial charge in [-0.25, -0.2) is 0 Å². The summed E-state index contributed by atoms with van der Waals surface area (Å²) in [5.41, 5.74) is 1.02. The second kappa shape index (κ2) is 9.17. The van der Waals surface area contributed by atoms with Crippen LogP contribution in [0.15, 0.2) is 46.0 Å². The molecule has 0 atom stereocenters. The molecule has 0 aliphatic carbocycles. The molecule has 28 heavy (non-hydrogen) atoms. The van der Waals surface area contributed by atoms with Crippen LogP contribution in [0.5, 0.6) is 5.75 Å². The minimum absolute atomic E-state index is 0.107. The molecule has 0 aliphatic heterocycles. The number of hydrogen-bond acceptors (Lipinski definition) is 5. The number of nitrogens with zero attached hydrogens (tertiary/aromatic N) is 3.